The van der Waals surface area contributed by atoms with Gasteiger partial charge in [-0.25, -0.2) is 13.4 Å². The van der Waals surface area contributed by atoms with E-state index in [-0.39, 0.29) is 56.6 Å². The van der Waals surface area contributed by atoms with Crippen LogP contribution in [0.25, 0.3) is 10.8 Å². The van der Waals surface area contributed by atoms with E-state index >= 15 is 0 Å². The van der Waals surface area contributed by atoms with Gasteiger partial charge in [-0.2, -0.15) is 0 Å². The van der Waals surface area contributed by atoms with E-state index in [0.29, 0.717) is 31.6 Å². The van der Waals surface area contributed by atoms with Crippen molar-refractivity contribution < 1.29 is 41.8 Å². The normalized spacial score (nSPS) is 29.1. The SMILES string of the molecule is C=CC1CC1(CC(=O)C1C[C@@H]2CN1C(=O)C(C(C)(C)C)CC(=O)OCCCCC(OC)c1ccc3ccnc(c3c1)O2)C(=O)NS(=O)(=O)C1CC1. The number of amides is 2. The predicted octanol–water partition coefficient (Wildman–Crippen LogP) is 4.81. The van der Waals surface area contributed by atoms with Crippen LogP contribution in [0.15, 0.2) is 43.1 Å². The van der Waals surface area contributed by atoms with Gasteiger partial charge in [0.1, 0.15) is 6.10 Å². The zero-order chi connectivity index (χ0) is 36.7. The number of nitrogens with one attached hydrogen (secondary N) is 1. The number of ether oxygens (including phenoxy) is 3. The number of esters is 1. The number of sulfonamides is 1. The van der Waals surface area contributed by atoms with Gasteiger partial charge in [0.05, 0.1) is 48.3 Å². The highest BCUT2D eigenvalue weighted by Gasteiger charge is 2.61. The van der Waals surface area contributed by atoms with Crippen molar-refractivity contribution in [3.63, 3.8) is 0 Å². The van der Waals surface area contributed by atoms with Crippen molar-refractivity contribution in [1.82, 2.24) is 14.6 Å². The number of allylic oxidation sites excluding steroid dienone is 1. The van der Waals surface area contributed by atoms with E-state index in [1.807, 2.05) is 45.0 Å². The van der Waals surface area contributed by atoms with Crippen LogP contribution in [0.3, 0.4) is 0 Å². The van der Waals surface area contributed by atoms with E-state index < -0.39 is 62.0 Å². The quantitative estimate of drug-likeness (QED) is 0.296. The largest absolute Gasteiger partial charge is 0.472 e. The molecule has 6 rings (SSSR count). The van der Waals surface area contributed by atoms with E-state index in [1.165, 1.54) is 4.90 Å². The fraction of sp³-hybridized carbons (Fsp3) is 0.605. The number of benzene rings is 1. The van der Waals surface area contributed by atoms with E-state index in [9.17, 15) is 27.6 Å². The van der Waals surface area contributed by atoms with Crippen LogP contribution in [-0.2, 0) is 38.7 Å². The highest BCUT2D eigenvalue weighted by atomic mass is 32.2. The average molecular weight is 724 g/mol. The molecule has 13 heteroatoms. The first-order chi connectivity index (χ1) is 24.2. The fourth-order valence-corrected chi connectivity index (χ4v) is 8.96. The van der Waals surface area contributed by atoms with Gasteiger partial charge in [-0.05, 0) is 72.9 Å². The number of hydrogen-bond acceptors (Lipinski definition) is 10. The minimum absolute atomic E-state index is 0.0511. The Labute approximate surface area is 299 Å². The van der Waals surface area contributed by atoms with Gasteiger partial charge >= 0.3 is 5.97 Å². The third-order valence-electron chi connectivity index (χ3n) is 11.0. The lowest BCUT2D eigenvalue weighted by Gasteiger charge is -2.34. The summed E-state index contributed by atoms with van der Waals surface area (Å²) in [6, 6.07) is 6.89. The Bertz CT molecular complexity index is 1820. The highest BCUT2D eigenvalue weighted by molar-refractivity contribution is 7.90. The van der Waals surface area contributed by atoms with Crippen molar-refractivity contribution in [2.75, 3.05) is 20.3 Å². The number of pyridine rings is 1. The first-order valence-electron chi connectivity index (χ1n) is 17.9. The van der Waals surface area contributed by atoms with E-state index in [1.54, 1.807) is 19.4 Å². The summed E-state index contributed by atoms with van der Waals surface area (Å²) < 4.78 is 45.6. The molecule has 1 aromatic carbocycles. The molecule has 0 spiro atoms. The molecule has 276 valence electrons. The number of fused-ring (bicyclic) bond motifs is 3. The van der Waals surface area contributed by atoms with Crippen molar-refractivity contribution in [2.45, 2.75) is 102 Å². The molecule has 1 aromatic heterocycles. The van der Waals surface area contributed by atoms with Crippen LogP contribution < -0.4 is 9.46 Å². The van der Waals surface area contributed by atoms with Crippen molar-refractivity contribution in [3.8, 4) is 5.88 Å². The molecule has 5 unspecified atom stereocenters. The summed E-state index contributed by atoms with van der Waals surface area (Å²) in [6.45, 7) is 9.69. The van der Waals surface area contributed by atoms with Gasteiger partial charge in [0.25, 0.3) is 0 Å². The lowest BCUT2D eigenvalue weighted by molar-refractivity contribution is -0.153. The number of hydrogen-bond donors (Lipinski definition) is 1. The van der Waals surface area contributed by atoms with E-state index in [4.69, 9.17) is 14.2 Å². The molecule has 0 radical (unpaired) electrons. The van der Waals surface area contributed by atoms with Crippen molar-refractivity contribution in [1.29, 1.82) is 0 Å². The summed E-state index contributed by atoms with van der Waals surface area (Å²) in [7, 11) is -2.18. The number of carbonyl (C=O) groups is 4. The Balaban J connectivity index is 1.34. The van der Waals surface area contributed by atoms with Crippen molar-refractivity contribution in [3.05, 3.63) is 48.7 Å². The number of Topliss-reactive ketones (excluding diaryl/α,β-unsaturated/α-hetero) is 1. The number of cyclic esters (lactones) is 1. The third-order valence-corrected chi connectivity index (χ3v) is 12.8. The minimum Gasteiger partial charge on any atom is -0.472 e. The average Bonchev–Trinajstić information content (AvgIpc) is 4.01. The van der Waals surface area contributed by atoms with Gasteiger partial charge in [-0.1, -0.05) is 39.0 Å². The third kappa shape index (κ3) is 7.84. The first kappa shape index (κ1) is 36.9. The smallest absolute Gasteiger partial charge is 0.306 e. The maximum atomic E-state index is 14.5. The molecule has 2 aliphatic heterocycles. The topological polar surface area (TPSA) is 158 Å². The first-order valence-corrected chi connectivity index (χ1v) is 19.5. The molecule has 1 N–H and O–H groups in total. The Morgan fingerprint density at radius 1 is 1.16 bits per heavy atom. The molecule has 51 heavy (non-hydrogen) atoms. The van der Waals surface area contributed by atoms with Gasteiger partial charge in [0.15, 0.2) is 5.78 Å². The summed E-state index contributed by atoms with van der Waals surface area (Å²) in [4.78, 5) is 61.6. The van der Waals surface area contributed by atoms with Crippen LogP contribution >= 0.6 is 0 Å². The van der Waals surface area contributed by atoms with Crippen molar-refractivity contribution >= 4 is 44.4 Å². The summed E-state index contributed by atoms with van der Waals surface area (Å²) in [6.07, 6.45) is 5.41. The molecule has 2 saturated carbocycles. The summed E-state index contributed by atoms with van der Waals surface area (Å²) >= 11 is 0. The minimum atomic E-state index is -3.84. The standard InChI is InChI=1S/C38H49N3O9S/c1-6-25-20-38(25,36(45)40-51(46,47)27-12-13-27)21-31(42)30-18-26-22-41(30)35(44)29(37(2,3)4)19-33(43)49-16-8-7-9-32(48-5)24-11-10-23-14-15-39-34(50-26)28(23)17-24/h6,10-11,14-15,17,25-27,29-30,32H,1,7-9,12-13,16,18-22H2,2-5H3,(H,40,45)/t25?,26-,29?,30?,32?,38?/m1/s1. The van der Waals surface area contributed by atoms with Gasteiger partial charge in [0, 0.05) is 31.5 Å². The monoisotopic (exact) mass is 723 g/mol. The number of carbonyl (C=O) groups excluding carboxylic acids is 4. The van der Waals surface area contributed by atoms with E-state index in [2.05, 4.69) is 16.3 Å². The zero-order valence-electron chi connectivity index (χ0n) is 29.9. The Kier molecular flexibility index (Phi) is 10.4. The Hall–Kier alpha value is -3.84. The molecular weight excluding hydrogens is 674 g/mol. The molecule has 3 fully saturated rings. The number of ketones is 1. The second-order valence-corrected chi connectivity index (χ2v) is 17.6. The summed E-state index contributed by atoms with van der Waals surface area (Å²) in [5.41, 5.74) is -0.996. The summed E-state index contributed by atoms with van der Waals surface area (Å²) in [5.74, 6) is -2.81. The number of nitrogens with zero attached hydrogens (tertiary/aromatic N) is 2. The van der Waals surface area contributed by atoms with Gasteiger partial charge < -0.3 is 19.1 Å². The molecular formula is C38H49N3O9S. The maximum Gasteiger partial charge on any atom is 0.306 e. The Morgan fingerprint density at radius 3 is 2.59 bits per heavy atom. The second-order valence-electron chi connectivity index (χ2n) is 15.7. The van der Waals surface area contributed by atoms with Gasteiger partial charge in [0.2, 0.25) is 27.7 Å². The fourth-order valence-electron chi connectivity index (χ4n) is 7.58. The molecule has 6 atom stereocenters. The lowest BCUT2D eigenvalue weighted by atomic mass is 9.77. The molecule has 3 heterocycles. The molecule has 12 nitrogen and oxygen atoms in total. The number of aromatic nitrogens is 1. The molecule has 1 saturated heterocycles. The predicted molar refractivity (Wildman–Crippen MR) is 189 cm³/mol. The molecule has 2 aromatic rings. The molecule has 4 bridgehead atoms. The maximum absolute atomic E-state index is 14.5. The van der Waals surface area contributed by atoms with Crippen LogP contribution in [-0.4, -0.2) is 79.5 Å². The van der Waals surface area contributed by atoms with Crippen LogP contribution in [0.5, 0.6) is 5.88 Å². The van der Waals surface area contributed by atoms with E-state index in [0.717, 1.165) is 22.8 Å². The number of methoxy groups -OCH3 is 1. The zero-order valence-corrected chi connectivity index (χ0v) is 30.7. The van der Waals surface area contributed by atoms with Crippen LogP contribution in [0.4, 0.5) is 0 Å². The van der Waals surface area contributed by atoms with Gasteiger partial charge in [-0.3, -0.25) is 23.9 Å². The lowest BCUT2D eigenvalue weighted by Crippen LogP contribution is -2.48. The second kappa shape index (κ2) is 14.3. The van der Waals surface area contributed by atoms with Crippen LogP contribution in [0.1, 0.15) is 90.2 Å². The molecule has 4 aliphatic rings. The molecule has 2 amide bonds. The van der Waals surface area contributed by atoms with Gasteiger partial charge in [-0.15, -0.1) is 6.58 Å². The van der Waals surface area contributed by atoms with Crippen LogP contribution in [0.2, 0.25) is 0 Å². The van der Waals surface area contributed by atoms with Crippen molar-refractivity contribution in [2.24, 2.45) is 22.7 Å². The Morgan fingerprint density at radius 2 is 1.92 bits per heavy atom. The highest BCUT2D eigenvalue weighted by Crippen LogP contribution is 2.57. The molecule has 2 aliphatic carbocycles. The summed E-state index contributed by atoms with van der Waals surface area (Å²) in [5, 5.41) is 1.07. The van der Waals surface area contributed by atoms with Crippen LogP contribution in [0, 0.1) is 22.7 Å². The number of rotatable bonds is 8.